The lowest BCUT2D eigenvalue weighted by atomic mass is 9.87. The first-order chi connectivity index (χ1) is 15.4. The summed E-state index contributed by atoms with van der Waals surface area (Å²) < 4.78 is 99.1. The van der Waals surface area contributed by atoms with Crippen molar-refractivity contribution in [1.29, 1.82) is 0 Å². The average molecular weight is 473 g/mol. The van der Waals surface area contributed by atoms with E-state index in [2.05, 4.69) is 5.32 Å². The number of benzene rings is 2. The molecule has 3 aromatic rings. The maximum atomic E-state index is 14.2. The number of alkyl halides is 6. The predicted molar refractivity (Wildman–Crippen MR) is 102 cm³/mol. The lowest BCUT2D eigenvalue weighted by molar-refractivity contribution is -0.658. The molecule has 0 bridgehead atoms. The van der Waals surface area contributed by atoms with Crippen LogP contribution in [0.3, 0.4) is 0 Å². The van der Waals surface area contributed by atoms with Crippen LogP contribution in [0.1, 0.15) is 11.1 Å². The molecule has 0 unspecified atom stereocenters. The summed E-state index contributed by atoms with van der Waals surface area (Å²) in [4.78, 5) is 27.9. The number of H-pyrrole nitrogens is 1. The second-order valence-corrected chi connectivity index (χ2v) is 7.03. The van der Waals surface area contributed by atoms with Crippen molar-refractivity contribution in [2.45, 2.75) is 17.9 Å². The van der Waals surface area contributed by atoms with Crippen molar-refractivity contribution in [3.05, 3.63) is 92.4 Å². The summed E-state index contributed by atoms with van der Waals surface area (Å²) in [6.45, 7) is 0. The molecule has 13 heteroatoms. The van der Waals surface area contributed by atoms with Crippen LogP contribution in [-0.2, 0) is 5.54 Å². The van der Waals surface area contributed by atoms with Crippen LogP contribution >= 0.6 is 0 Å². The highest BCUT2D eigenvalue weighted by molar-refractivity contribution is 6.05. The van der Waals surface area contributed by atoms with Crippen LogP contribution in [0.2, 0.25) is 0 Å². The number of nitrogens with one attached hydrogen (secondary N) is 3. The summed E-state index contributed by atoms with van der Waals surface area (Å²) >= 11 is 0. The number of hydrogen-bond donors (Lipinski definition) is 3. The highest BCUT2D eigenvalue weighted by Crippen LogP contribution is 2.48. The fourth-order valence-electron chi connectivity index (χ4n) is 3.57. The quantitative estimate of drug-likeness (QED) is 0.498. The standard InChI is InChI=1S/C20H11F7N4O2/c21-11-8-6-10(7-9-11)14-28-15-13(18(30-14,19(22,23)24)20(25,26)27)16(32)29-17(33)31(15)12-4-2-1-3-5-12/h1-9H,(H,28,30)(H,29,32,33)/p+1. The zero-order valence-corrected chi connectivity index (χ0v) is 16.1. The van der Waals surface area contributed by atoms with Gasteiger partial charge in [0.15, 0.2) is 0 Å². The summed E-state index contributed by atoms with van der Waals surface area (Å²) in [6, 6.07) is 10.3. The third kappa shape index (κ3) is 3.39. The van der Waals surface area contributed by atoms with Crippen LogP contribution in [0.25, 0.3) is 5.69 Å². The summed E-state index contributed by atoms with van der Waals surface area (Å²) in [5, 5.41) is 2.31. The van der Waals surface area contributed by atoms with Gasteiger partial charge in [0.2, 0.25) is 5.82 Å². The lowest BCUT2D eigenvalue weighted by Crippen LogP contribution is -2.97. The second-order valence-electron chi connectivity index (χ2n) is 7.03. The number of amidine groups is 1. The highest BCUT2D eigenvalue weighted by Gasteiger charge is 2.78. The summed E-state index contributed by atoms with van der Waals surface area (Å²) in [5.41, 5.74) is -10.2. The predicted octanol–water partition coefficient (Wildman–Crippen LogP) is 1.94. The fraction of sp³-hybridized carbons (Fsp3) is 0.150. The highest BCUT2D eigenvalue weighted by atomic mass is 19.4. The van der Waals surface area contributed by atoms with Gasteiger partial charge in [0.25, 0.3) is 11.4 Å². The molecule has 1 aromatic heterocycles. The largest absolute Gasteiger partial charge is 0.446 e. The average Bonchev–Trinajstić information content (AvgIpc) is 2.72. The molecule has 0 radical (unpaired) electrons. The van der Waals surface area contributed by atoms with E-state index >= 15 is 0 Å². The van der Waals surface area contributed by atoms with Crippen LogP contribution in [0, 0.1) is 5.82 Å². The zero-order valence-electron chi connectivity index (χ0n) is 16.1. The Morgan fingerprint density at radius 2 is 1.42 bits per heavy atom. The minimum atomic E-state index is -6.08. The van der Waals surface area contributed by atoms with Gasteiger partial charge >= 0.3 is 23.6 Å². The molecule has 6 nitrogen and oxygen atoms in total. The lowest BCUT2D eigenvalue weighted by Gasteiger charge is -2.35. The van der Waals surface area contributed by atoms with Crippen molar-refractivity contribution in [3.8, 4) is 5.69 Å². The number of aromatic nitrogens is 2. The van der Waals surface area contributed by atoms with Crippen molar-refractivity contribution < 1.29 is 35.7 Å². The molecular weight excluding hydrogens is 461 g/mol. The van der Waals surface area contributed by atoms with Gasteiger partial charge in [0.1, 0.15) is 11.4 Å². The number of para-hydroxylation sites is 1. The van der Waals surface area contributed by atoms with Crippen molar-refractivity contribution in [1.82, 2.24) is 9.55 Å². The van der Waals surface area contributed by atoms with Gasteiger partial charge in [-0.25, -0.2) is 24.1 Å². The van der Waals surface area contributed by atoms with Gasteiger partial charge in [-0.05, 0) is 36.4 Å². The molecule has 0 amide bonds. The van der Waals surface area contributed by atoms with Crippen LogP contribution < -0.4 is 21.6 Å². The van der Waals surface area contributed by atoms with Gasteiger partial charge in [-0.3, -0.25) is 9.78 Å². The molecule has 0 saturated heterocycles. The third-order valence-corrected chi connectivity index (χ3v) is 5.04. The Balaban J connectivity index is 2.18. The first-order valence-electron chi connectivity index (χ1n) is 9.13. The first-order valence-corrected chi connectivity index (χ1v) is 9.13. The van der Waals surface area contributed by atoms with E-state index in [0.717, 1.165) is 24.3 Å². The summed E-state index contributed by atoms with van der Waals surface area (Å²) in [6.07, 6.45) is -12.2. The molecule has 0 saturated carbocycles. The molecule has 0 atom stereocenters. The fourth-order valence-corrected chi connectivity index (χ4v) is 3.57. The van der Waals surface area contributed by atoms with E-state index in [-0.39, 0.29) is 11.3 Å². The van der Waals surface area contributed by atoms with Crippen molar-refractivity contribution in [2.75, 3.05) is 5.32 Å². The van der Waals surface area contributed by atoms with Gasteiger partial charge in [-0.15, -0.1) is 0 Å². The van der Waals surface area contributed by atoms with Crippen LogP contribution in [0.5, 0.6) is 0 Å². The van der Waals surface area contributed by atoms with E-state index in [4.69, 9.17) is 0 Å². The normalized spacial score (nSPS) is 15.4. The minimum Gasteiger partial charge on any atom is -0.273 e. The SMILES string of the molecule is O=c1[nH]c(=O)n(-c2ccccc2)c2c1C(C(F)(F)F)(C(F)(F)F)[NH+]=C(c1ccc(F)cc1)N2. The van der Waals surface area contributed by atoms with Gasteiger partial charge in [0, 0.05) is 0 Å². The number of hydrogen-bond acceptors (Lipinski definition) is 3. The first kappa shape index (κ1) is 22.3. The summed E-state index contributed by atoms with van der Waals surface area (Å²) in [5.74, 6) is -2.67. The molecule has 1 aliphatic heterocycles. The van der Waals surface area contributed by atoms with Crippen molar-refractivity contribution in [3.63, 3.8) is 0 Å². The van der Waals surface area contributed by atoms with Gasteiger partial charge < -0.3 is 0 Å². The molecule has 33 heavy (non-hydrogen) atoms. The van der Waals surface area contributed by atoms with Crippen LogP contribution in [-0.4, -0.2) is 27.7 Å². The maximum Gasteiger partial charge on any atom is 0.446 e. The molecule has 4 rings (SSSR count). The smallest absolute Gasteiger partial charge is 0.273 e. The van der Waals surface area contributed by atoms with Gasteiger partial charge in [-0.2, -0.15) is 26.3 Å². The Kier molecular flexibility index (Phi) is 4.95. The Bertz CT molecular complexity index is 1340. The van der Waals surface area contributed by atoms with E-state index in [9.17, 15) is 40.3 Å². The number of rotatable bonds is 2. The molecule has 0 fully saturated rings. The topological polar surface area (TPSA) is 80.9 Å². The third-order valence-electron chi connectivity index (χ3n) is 5.04. The number of halogens is 7. The number of aromatic amines is 1. The molecule has 0 aliphatic carbocycles. The molecule has 2 aromatic carbocycles. The minimum absolute atomic E-state index is 0.110. The second kappa shape index (κ2) is 7.32. The van der Waals surface area contributed by atoms with E-state index < -0.39 is 52.2 Å². The molecule has 0 spiro atoms. The monoisotopic (exact) mass is 473 g/mol. The molecule has 1 aliphatic rings. The Labute approximate surface area is 179 Å². The van der Waals surface area contributed by atoms with Gasteiger partial charge in [0.05, 0.1) is 11.3 Å². The number of fused-ring (bicyclic) bond motifs is 1. The van der Waals surface area contributed by atoms with Crippen molar-refractivity contribution >= 4 is 11.7 Å². The molecule has 3 N–H and O–H groups in total. The zero-order chi connectivity index (χ0) is 24.2. The Morgan fingerprint density at radius 3 is 1.97 bits per heavy atom. The van der Waals surface area contributed by atoms with Crippen molar-refractivity contribution in [2.24, 2.45) is 0 Å². The van der Waals surface area contributed by atoms with Crippen LogP contribution in [0.4, 0.5) is 36.6 Å². The van der Waals surface area contributed by atoms with E-state index in [0.29, 0.717) is 4.57 Å². The number of anilines is 1. The van der Waals surface area contributed by atoms with E-state index in [1.807, 2.05) is 0 Å². The Morgan fingerprint density at radius 1 is 0.848 bits per heavy atom. The molecule has 172 valence electrons. The summed E-state index contributed by atoms with van der Waals surface area (Å²) in [7, 11) is 0. The number of nitrogens with zero attached hydrogens (tertiary/aromatic N) is 1. The van der Waals surface area contributed by atoms with Gasteiger partial charge in [-0.1, -0.05) is 18.2 Å². The van der Waals surface area contributed by atoms with E-state index in [1.165, 1.54) is 40.3 Å². The molecule has 2 heterocycles. The maximum absolute atomic E-state index is 14.2. The van der Waals surface area contributed by atoms with Crippen LogP contribution in [0.15, 0.2) is 64.2 Å². The van der Waals surface area contributed by atoms with E-state index in [1.54, 1.807) is 0 Å². The molecular formula is C20H12F7N4O2+. The Hall–Kier alpha value is -3.90.